The van der Waals surface area contributed by atoms with Gasteiger partial charge in [-0.25, -0.2) is 14.5 Å². The Labute approximate surface area is 135 Å². The molecule has 0 fully saturated rings. The number of amides is 4. The average Bonchev–Trinajstić information content (AvgIpc) is 2.55. The second-order valence-corrected chi connectivity index (χ2v) is 4.99. The zero-order valence-electron chi connectivity index (χ0n) is 13.0. The molecule has 0 aliphatic carbocycles. The first-order valence-electron chi connectivity index (χ1n) is 7.22. The molecule has 0 spiro atoms. The van der Waals surface area contributed by atoms with Crippen LogP contribution in [-0.4, -0.2) is 23.5 Å². The summed E-state index contributed by atoms with van der Waals surface area (Å²) in [6, 6.07) is 15.3. The minimum absolute atomic E-state index is 0.108. The number of anilines is 2. The number of nitrogens with zero attached hydrogens (tertiary/aromatic N) is 1. The Kier molecular flexibility index (Phi) is 5.52. The van der Waals surface area contributed by atoms with Crippen LogP contribution in [0.2, 0.25) is 0 Å². The van der Waals surface area contributed by atoms with Gasteiger partial charge in [-0.3, -0.25) is 0 Å². The summed E-state index contributed by atoms with van der Waals surface area (Å²) >= 11 is 0. The molecule has 5 nitrogen and oxygen atoms in total. The summed E-state index contributed by atoms with van der Waals surface area (Å²) in [6.07, 6.45) is 1.50. The Morgan fingerprint density at radius 3 is 2.00 bits per heavy atom. The van der Waals surface area contributed by atoms with Gasteiger partial charge in [0.25, 0.3) is 0 Å². The summed E-state index contributed by atoms with van der Waals surface area (Å²) in [7, 11) is 0. The summed E-state index contributed by atoms with van der Waals surface area (Å²) in [5, 5.41) is 5.38. The molecule has 0 aliphatic heterocycles. The van der Waals surface area contributed by atoms with Crippen molar-refractivity contribution in [1.29, 1.82) is 0 Å². The molecule has 0 bridgehead atoms. The van der Waals surface area contributed by atoms with Crippen LogP contribution in [0.4, 0.5) is 21.0 Å². The van der Waals surface area contributed by atoms with E-state index in [1.54, 1.807) is 36.4 Å². The molecule has 0 unspecified atom stereocenters. The fourth-order valence-corrected chi connectivity index (χ4v) is 1.93. The Morgan fingerprint density at radius 2 is 1.48 bits per heavy atom. The number of aryl methyl sites for hydroxylation is 1. The second-order valence-electron chi connectivity index (χ2n) is 4.99. The molecule has 0 heterocycles. The minimum atomic E-state index is -0.513. The zero-order chi connectivity index (χ0) is 16.7. The lowest BCUT2D eigenvalue weighted by atomic mass is 10.2. The summed E-state index contributed by atoms with van der Waals surface area (Å²) in [6.45, 7) is 5.66. The molecule has 4 amide bonds. The van der Waals surface area contributed by atoms with Gasteiger partial charge in [-0.1, -0.05) is 42.0 Å². The van der Waals surface area contributed by atoms with E-state index in [-0.39, 0.29) is 6.54 Å². The number of imide groups is 1. The summed E-state index contributed by atoms with van der Waals surface area (Å²) < 4.78 is 0. The monoisotopic (exact) mass is 309 g/mol. The largest absolute Gasteiger partial charge is 0.330 e. The fraction of sp³-hybridized carbons (Fsp3) is 0.111. The second kappa shape index (κ2) is 7.79. The van der Waals surface area contributed by atoms with Gasteiger partial charge in [0, 0.05) is 11.4 Å². The van der Waals surface area contributed by atoms with Crippen LogP contribution >= 0.6 is 0 Å². The molecule has 118 valence electrons. The van der Waals surface area contributed by atoms with E-state index in [1.807, 2.05) is 25.1 Å². The third kappa shape index (κ3) is 4.71. The van der Waals surface area contributed by atoms with Crippen molar-refractivity contribution in [3.63, 3.8) is 0 Å². The molecule has 0 saturated heterocycles. The molecule has 0 aliphatic rings. The van der Waals surface area contributed by atoms with Crippen LogP contribution in [0.25, 0.3) is 0 Å². The molecule has 2 N–H and O–H groups in total. The highest BCUT2D eigenvalue weighted by molar-refractivity contribution is 6.05. The topological polar surface area (TPSA) is 61.4 Å². The summed E-state index contributed by atoms with van der Waals surface area (Å²) in [5.74, 6) is 0. The number of carbonyl (C=O) groups excluding carboxylic acids is 2. The highest BCUT2D eigenvalue weighted by Crippen LogP contribution is 2.11. The third-order valence-corrected chi connectivity index (χ3v) is 3.13. The summed E-state index contributed by atoms with van der Waals surface area (Å²) in [4.78, 5) is 25.7. The van der Waals surface area contributed by atoms with Gasteiger partial charge in [-0.15, -0.1) is 6.58 Å². The van der Waals surface area contributed by atoms with Gasteiger partial charge in [0.1, 0.15) is 0 Å². The highest BCUT2D eigenvalue weighted by Gasteiger charge is 2.20. The lowest BCUT2D eigenvalue weighted by molar-refractivity contribution is 0.206. The van der Waals surface area contributed by atoms with E-state index in [2.05, 4.69) is 17.2 Å². The van der Waals surface area contributed by atoms with Crippen molar-refractivity contribution in [2.24, 2.45) is 0 Å². The highest BCUT2D eigenvalue weighted by atomic mass is 16.2. The van der Waals surface area contributed by atoms with Crippen LogP contribution in [0.5, 0.6) is 0 Å². The van der Waals surface area contributed by atoms with Gasteiger partial charge < -0.3 is 10.6 Å². The fourth-order valence-electron chi connectivity index (χ4n) is 1.93. The molecule has 0 atom stereocenters. The molecule has 23 heavy (non-hydrogen) atoms. The average molecular weight is 309 g/mol. The quantitative estimate of drug-likeness (QED) is 0.829. The standard InChI is InChI=1S/C18H19N3O2/c1-3-13-21(17(22)19-15-7-5-4-6-8-15)18(23)20-16-11-9-14(2)10-12-16/h3-12H,1,13H2,2H3,(H,19,22)(H,20,23). The van der Waals surface area contributed by atoms with Crippen LogP contribution in [0.3, 0.4) is 0 Å². The first kappa shape index (κ1) is 16.3. The third-order valence-electron chi connectivity index (χ3n) is 3.13. The number of urea groups is 2. The Hall–Kier alpha value is -3.08. The molecular formula is C18H19N3O2. The molecule has 0 radical (unpaired) electrons. The number of benzene rings is 2. The van der Waals surface area contributed by atoms with E-state index in [9.17, 15) is 9.59 Å². The van der Waals surface area contributed by atoms with Gasteiger partial charge >= 0.3 is 12.1 Å². The molecular weight excluding hydrogens is 290 g/mol. The maximum absolute atomic E-state index is 12.3. The van der Waals surface area contributed by atoms with Crippen LogP contribution in [0, 0.1) is 6.92 Å². The van der Waals surface area contributed by atoms with Crippen molar-refractivity contribution < 1.29 is 9.59 Å². The van der Waals surface area contributed by atoms with Crippen molar-refractivity contribution in [1.82, 2.24) is 4.90 Å². The first-order chi connectivity index (χ1) is 11.1. The minimum Gasteiger partial charge on any atom is -0.307 e. The van der Waals surface area contributed by atoms with E-state index < -0.39 is 12.1 Å². The van der Waals surface area contributed by atoms with Gasteiger partial charge in [0.15, 0.2) is 0 Å². The first-order valence-corrected chi connectivity index (χ1v) is 7.22. The summed E-state index contributed by atoms with van der Waals surface area (Å²) in [5.41, 5.74) is 2.34. The molecule has 0 aromatic heterocycles. The van der Waals surface area contributed by atoms with Crippen LogP contribution < -0.4 is 10.6 Å². The number of hydrogen-bond acceptors (Lipinski definition) is 2. The molecule has 2 rings (SSSR count). The Bertz CT molecular complexity index is 681. The molecule has 0 saturated carbocycles. The van der Waals surface area contributed by atoms with E-state index >= 15 is 0 Å². The van der Waals surface area contributed by atoms with Gasteiger partial charge in [0.2, 0.25) is 0 Å². The lowest BCUT2D eigenvalue weighted by Crippen LogP contribution is -2.42. The van der Waals surface area contributed by atoms with Gasteiger partial charge in [-0.05, 0) is 31.2 Å². The normalized spacial score (nSPS) is 9.78. The SMILES string of the molecule is C=CCN(C(=O)Nc1ccccc1)C(=O)Nc1ccc(C)cc1. The molecule has 5 heteroatoms. The van der Waals surface area contributed by atoms with Crippen molar-refractivity contribution in [2.45, 2.75) is 6.92 Å². The predicted octanol–water partition coefficient (Wildman–Crippen LogP) is 4.25. The molecule has 2 aromatic carbocycles. The predicted molar refractivity (Wildman–Crippen MR) is 92.6 cm³/mol. The number of rotatable bonds is 4. The maximum atomic E-state index is 12.3. The Morgan fingerprint density at radius 1 is 0.957 bits per heavy atom. The number of carbonyl (C=O) groups is 2. The van der Waals surface area contributed by atoms with Crippen molar-refractivity contribution >= 4 is 23.4 Å². The van der Waals surface area contributed by atoms with Crippen molar-refractivity contribution in [2.75, 3.05) is 17.2 Å². The maximum Gasteiger partial charge on any atom is 0.330 e. The number of para-hydroxylation sites is 1. The van der Waals surface area contributed by atoms with E-state index in [1.165, 1.54) is 6.08 Å². The smallest absolute Gasteiger partial charge is 0.307 e. The lowest BCUT2D eigenvalue weighted by Gasteiger charge is -2.20. The van der Waals surface area contributed by atoms with E-state index in [0.717, 1.165) is 10.5 Å². The van der Waals surface area contributed by atoms with Crippen LogP contribution in [0.15, 0.2) is 67.3 Å². The zero-order valence-corrected chi connectivity index (χ0v) is 13.0. The van der Waals surface area contributed by atoms with Gasteiger partial charge in [0.05, 0.1) is 6.54 Å². The van der Waals surface area contributed by atoms with Crippen LogP contribution in [-0.2, 0) is 0 Å². The van der Waals surface area contributed by atoms with Crippen molar-refractivity contribution in [3.05, 3.63) is 72.8 Å². The van der Waals surface area contributed by atoms with Crippen molar-refractivity contribution in [3.8, 4) is 0 Å². The van der Waals surface area contributed by atoms with Gasteiger partial charge in [-0.2, -0.15) is 0 Å². The number of hydrogen-bond donors (Lipinski definition) is 2. The molecule has 2 aromatic rings. The van der Waals surface area contributed by atoms with E-state index in [0.29, 0.717) is 11.4 Å². The van der Waals surface area contributed by atoms with Crippen LogP contribution in [0.1, 0.15) is 5.56 Å². The Balaban J connectivity index is 2.07. The van der Waals surface area contributed by atoms with E-state index in [4.69, 9.17) is 0 Å². The number of nitrogens with one attached hydrogen (secondary N) is 2.